The highest BCUT2D eigenvalue weighted by Gasteiger charge is 2.20. The van der Waals surface area contributed by atoms with Crippen molar-refractivity contribution in [3.05, 3.63) is 10.4 Å². The van der Waals surface area contributed by atoms with E-state index >= 15 is 0 Å². The van der Waals surface area contributed by atoms with Gasteiger partial charge in [-0.2, -0.15) is 0 Å². The third-order valence-electron chi connectivity index (χ3n) is 3.08. The van der Waals surface area contributed by atoms with Gasteiger partial charge < -0.3 is 15.8 Å². The van der Waals surface area contributed by atoms with Crippen molar-refractivity contribution in [3.63, 3.8) is 0 Å². The number of esters is 1. The quantitative estimate of drug-likeness (QED) is 0.654. The highest BCUT2D eigenvalue weighted by molar-refractivity contribution is 7.17. The topological polar surface area (TPSA) is 81.4 Å². The first kappa shape index (κ1) is 13.9. The van der Waals surface area contributed by atoms with Crippen molar-refractivity contribution in [3.8, 4) is 0 Å². The van der Waals surface area contributed by atoms with Gasteiger partial charge in [-0.3, -0.25) is 9.59 Å². The van der Waals surface area contributed by atoms with Gasteiger partial charge in [-0.05, 0) is 38.2 Å². The van der Waals surface area contributed by atoms with E-state index in [0.29, 0.717) is 10.7 Å². The summed E-state index contributed by atoms with van der Waals surface area (Å²) in [6.07, 6.45) is 4.05. The monoisotopic (exact) mass is 282 g/mol. The molecule has 0 radical (unpaired) electrons. The van der Waals surface area contributed by atoms with E-state index in [-0.39, 0.29) is 18.9 Å². The van der Waals surface area contributed by atoms with Crippen molar-refractivity contribution in [1.29, 1.82) is 0 Å². The smallest absolute Gasteiger partial charge is 0.315 e. The van der Waals surface area contributed by atoms with E-state index in [1.54, 1.807) is 6.92 Å². The van der Waals surface area contributed by atoms with Crippen molar-refractivity contribution in [2.24, 2.45) is 0 Å². The summed E-state index contributed by atoms with van der Waals surface area (Å²) in [4.78, 5) is 24.2. The molecule has 1 heterocycles. The minimum Gasteiger partial charge on any atom is -0.466 e. The van der Waals surface area contributed by atoms with Gasteiger partial charge in [0.05, 0.1) is 12.3 Å². The molecular weight excluding hydrogens is 264 g/mol. The molecule has 0 saturated carbocycles. The van der Waals surface area contributed by atoms with Crippen molar-refractivity contribution < 1.29 is 14.3 Å². The van der Waals surface area contributed by atoms with Crippen molar-refractivity contribution in [2.45, 2.75) is 39.0 Å². The van der Waals surface area contributed by atoms with E-state index in [1.165, 1.54) is 28.2 Å². The second-order valence-corrected chi connectivity index (χ2v) is 5.59. The Balaban J connectivity index is 2.01. The maximum atomic E-state index is 11.7. The summed E-state index contributed by atoms with van der Waals surface area (Å²) in [5.74, 6) is -0.886. The summed E-state index contributed by atoms with van der Waals surface area (Å²) in [6.45, 7) is 1.99. The Bertz CT molecular complexity index is 496. The maximum absolute atomic E-state index is 11.7. The van der Waals surface area contributed by atoms with Gasteiger partial charge in [0, 0.05) is 4.88 Å². The number of ether oxygens (including phenoxy) is 1. The zero-order valence-electron chi connectivity index (χ0n) is 11.0. The van der Waals surface area contributed by atoms with Gasteiger partial charge in [0.15, 0.2) is 0 Å². The molecule has 1 aliphatic rings. The van der Waals surface area contributed by atoms with Gasteiger partial charge in [0.1, 0.15) is 11.4 Å². The molecule has 0 aliphatic heterocycles. The molecule has 0 bridgehead atoms. The van der Waals surface area contributed by atoms with E-state index in [4.69, 9.17) is 10.5 Å². The van der Waals surface area contributed by atoms with Crippen LogP contribution in [0.4, 0.5) is 10.7 Å². The van der Waals surface area contributed by atoms with Crippen LogP contribution < -0.4 is 11.1 Å². The maximum Gasteiger partial charge on any atom is 0.315 e. The van der Waals surface area contributed by atoms with Crippen LogP contribution in [0, 0.1) is 0 Å². The lowest BCUT2D eigenvalue weighted by atomic mass is 9.98. The molecule has 1 amide bonds. The van der Waals surface area contributed by atoms with Crippen LogP contribution in [-0.2, 0) is 27.2 Å². The van der Waals surface area contributed by atoms with Gasteiger partial charge in [0.2, 0.25) is 5.91 Å². The Morgan fingerprint density at radius 2 is 2.11 bits per heavy atom. The fourth-order valence-corrected chi connectivity index (χ4v) is 3.42. The number of nitrogens with two attached hydrogens (primary N) is 1. The van der Waals surface area contributed by atoms with E-state index in [0.717, 1.165) is 19.3 Å². The number of nitrogens with one attached hydrogen (secondary N) is 1. The van der Waals surface area contributed by atoms with Crippen LogP contribution in [0.1, 0.15) is 36.6 Å². The van der Waals surface area contributed by atoms with Gasteiger partial charge >= 0.3 is 5.97 Å². The zero-order valence-corrected chi connectivity index (χ0v) is 11.8. The summed E-state index contributed by atoms with van der Waals surface area (Å²) >= 11 is 1.52. The standard InChI is InChI=1S/C13H18N2O3S/c1-2-18-11(17)7-10(16)15-13-12(14)8-5-3-4-6-9(8)19-13/h2-7,14H2,1H3,(H,15,16). The Hall–Kier alpha value is -1.56. The van der Waals surface area contributed by atoms with Gasteiger partial charge in [-0.25, -0.2) is 0 Å². The number of rotatable bonds is 4. The predicted molar refractivity (Wildman–Crippen MR) is 75.3 cm³/mol. The largest absolute Gasteiger partial charge is 0.466 e. The molecule has 0 fully saturated rings. The molecule has 0 atom stereocenters. The molecule has 19 heavy (non-hydrogen) atoms. The average molecular weight is 282 g/mol. The van der Waals surface area contributed by atoms with Crippen LogP contribution in [-0.4, -0.2) is 18.5 Å². The van der Waals surface area contributed by atoms with E-state index in [2.05, 4.69) is 5.32 Å². The number of fused-ring (bicyclic) bond motifs is 1. The van der Waals surface area contributed by atoms with E-state index in [9.17, 15) is 9.59 Å². The lowest BCUT2D eigenvalue weighted by Gasteiger charge is -2.10. The zero-order chi connectivity index (χ0) is 13.8. The molecule has 3 N–H and O–H groups in total. The van der Waals surface area contributed by atoms with Gasteiger partial charge in [0.25, 0.3) is 0 Å². The van der Waals surface area contributed by atoms with Gasteiger partial charge in [-0.15, -0.1) is 11.3 Å². The summed E-state index contributed by atoms with van der Waals surface area (Å²) in [5, 5.41) is 3.38. The van der Waals surface area contributed by atoms with Crippen molar-refractivity contribution in [2.75, 3.05) is 17.7 Å². The molecule has 6 heteroatoms. The number of carbonyl (C=O) groups is 2. The molecule has 0 unspecified atom stereocenters. The fraction of sp³-hybridized carbons (Fsp3) is 0.538. The van der Waals surface area contributed by atoms with Crippen LogP contribution in [0.15, 0.2) is 0 Å². The van der Waals surface area contributed by atoms with Crippen LogP contribution in [0.2, 0.25) is 0 Å². The molecule has 1 aromatic heterocycles. The van der Waals surface area contributed by atoms with Crippen molar-refractivity contribution in [1.82, 2.24) is 0 Å². The normalized spacial score (nSPS) is 13.7. The third kappa shape index (κ3) is 3.26. The molecule has 5 nitrogen and oxygen atoms in total. The Morgan fingerprint density at radius 1 is 1.37 bits per heavy atom. The fourth-order valence-electron chi connectivity index (χ4n) is 2.20. The minimum atomic E-state index is -0.514. The average Bonchev–Trinajstić information content (AvgIpc) is 2.67. The molecule has 1 aromatic rings. The molecule has 1 aliphatic carbocycles. The molecule has 0 spiro atoms. The van der Waals surface area contributed by atoms with Crippen molar-refractivity contribution >= 4 is 33.9 Å². The number of nitrogen functional groups attached to an aromatic ring is 1. The number of hydrogen-bond donors (Lipinski definition) is 2. The third-order valence-corrected chi connectivity index (χ3v) is 4.30. The summed E-state index contributed by atoms with van der Waals surface area (Å²) < 4.78 is 4.73. The van der Waals surface area contributed by atoms with E-state index in [1.807, 2.05) is 0 Å². The first-order valence-electron chi connectivity index (χ1n) is 6.47. The molecular formula is C13H18N2O3S. The number of thiophene rings is 1. The van der Waals surface area contributed by atoms with Gasteiger partial charge in [-0.1, -0.05) is 0 Å². The van der Waals surface area contributed by atoms with Crippen LogP contribution in [0.5, 0.6) is 0 Å². The summed E-state index contributed by atoms with van der Waals surface area (Å²) in [6, 6.07) is 0. The SMILES string of the molecule is CCOC(=O)CC(=O)Nc1sc2c(c1N)CCCC2. The second-order valence-electron chi connectivity index (χ2n) is 4.48. The second kappa shape index (κ2) is 6.06. The predicted octanol–water partition coefficient (Wildman–Crippen LogP) is 2.10. The van der Waals surface area contributed by atoms with Crippen LogP contribution >= 0.6 is 11.3 Å². The molecule has 2 rings (SSSR count). The highest BCUT2D eigenvalue weighted by atomic mass is 32.1. The van der Waals surface area contributed by atoms with Crippen LogP contribution in [0.25, 0.3) is 0 Å². The number of carbonyl (C=O) groups excluding carboxylic acids is 2. The highest BCUT2D eigenvalue weighted by Crippen LogP contribution is 2.40. The minimum absolute atomic E-state index is 0.268. The molecule has 0 aromatic carbocycles. The first-order valence-corrected chi connectivity index (χ1v) is 7.29. The lowest BCUT2D eigenvalue weighted by Crippen LogP contribution is -2.18. The molecule has 0 saturated heterocycles. The number of amides is 1. The first-order chi connectivity index (χ1) is 9.11. The Morgan fingerprint density at radius 3 is 2.79 bits per heavy atom. The Labute approximate surface area is 116 Å². The Kier molecular flexibility index (Phi) is 4.42. The summed E-state index contributed by atoms with van der Waals surface area (Å²) in [7, 11) is 0. The lowest BCUT2D eigenvalue weighted by molar-refractivity contribution is -0.145. The molecule has 104 valence electrons. The van der Waals surface area contributed by atoms with Crippen LogP contribution in [0.3, 0.4) is 0 Å². The number of aryl methyl sites for hydroxylation is 1. The van der Waals surface area contributed by atoms with E-state index < -0.39 is 5.97 Å². The number of hydrogen-bond acceptors (Lipinski definition) is 5. The summed E-state index contributed by atoms with van der Waals surface area (Å²) in [5.41, 5.74) is 7.87. The number of anilines is 2.